The number of carboxylic acid groups (broad SMARTS) is 1. The molecule has 8 heteroatoms. The van der Waals surface area contributed by atoms with Crippen molar-refractivity contribution >= 4 is 11.9 Å². The molecule has 4 rings (SSSR count). The van der Waals surface area contributed by atoms with Crippen LogP contribution < -0.4 is 0 Å². The number of carboxylic acids is 1. The second kappa shape index (κ2) is 9.53. The van der Waals surface area contributed by atoms with Gasteiger partial charge in [0.25, 0.3) is 0 Å². The van der Waals surface area contributed by atoms with E-state index in [1.54, 1.807) is 26.2 Å². The molecule has 0 radical (unpaired) electrons. The summed E-state index contributed by atoms with van der Waals surface area (Å²) in [7, 11) is 4.70. The predicted octanol–water partition coefficient (Wildman–Crippen LogP) is 3.66. The zero-order chi connectivity index (χ0) is 22.4. The number of carbonyl (C=O) groups is 2. The summed E-state index contributed by atoms with van der Waals surface area (Å²) in [5, 5.41) is 17.3. The number of nitrogens with zero attached hydrogens (tertiary/aromatic N) is 4. The first-order valence-electron chi connectivity index (χ1n) is 9.41. The highest BCUT2D eigenvalue weighted by atomic mass is 16.5. The van der Waals surface area contributed by atoms with E-state index in [1.165, 1.54) is 16.5 Å². The molecule has 31 heavy (non-hydrogen) atoms. The third-order valence-corrected chi connectivity index (χ3v) is 4.51. The minimum Gasteiger partial charge on any atom is -0.477 e. The number of aromatic carboxylic acids is 1. The molecule has 0 amide bonds. The van der Waals surface area contributed by atoms with Crippen molar-refractivity contribution in [2.75, 3.05) is 7.11 Å². The Bertz CT molecular complexity index is 1180. The number of hydrogen-bond acceptors (Lipinski definition) is 5. The average Bonchev–Trinajstić information content (AvgIpc) is 3.38. The molecule has 0 aliphatic heterocycles. The van der Waals surface area contributed by atoms with E-state index < -0.39 is 5.97 Å². The summed E-state index contributed by atoms with van der Waals surface area (Å²) in [5.74, 6) is -1.34. The van der Waals surface area contributed by atoms with Crippen molar-refractivity contribution in [3.63, 3.8) is 0 Å². The molecule has 8 nitrogen and oxygen atoms in total. The van der Waals surface area contributed by atoms with Gasteiger partial charge in [-0.15, -0.1) is 0 Å². The fourth-order valence-corrected chi connectivity index (χ4v) is 2.93. The smallest absolute Gasteiger partial charge is 0.356 e. The molecule has 2 aromatic carbocycles. The van der Waals surface area contributed by atoms with Gasteiger partial charge < -0.3 is 9.84 Å². The third-order valence-electron chi connectivity index (χ3n) is 4.51. The van der Waals surface area contributed by atoms with Crippen molar-refractivity contribution in [2.45, 2.75) is 0 Å². The highest BCUT2D eigenvalue weighted by Crippen LogP contribution is 2.19. The molecular weight excluding hydrogens is 396 g/mol. The van der Waals surface area contributed by atoms with Crippen molar-refractivity contribution in [1.29, 1.82) is 0 Å². The van der Waals surface area contributed by atoms with Gasteiger partial charge in [0, 0.05) is 25.2 Å². The lowest BCUT2D eigenvalue weighted by Gasteiger charge is -1.96. The van der Waals surface area contributed by atoms with E-state index in [-0.39, 0.29) is 11.7 Å². The van der Waals surface area contributed by atoms with E-state index in [9.17, 15) is 9.59 Å². The molecule has 0 fully saturated rings. The van der Waals surface area contributed by atoms with Crippen molar-refractivity contribution < 1.29 is 19.4 Å². The highest BCUT2D eigenvalue weighted by molar-refractivity contribution is 5.89. The van der Waals surface area contributed by atoms with Crippen LogP contribution in [0.5, 0.6) is 0 Å². The van der Waals surface area contributed by atoms with E-state index in [0.29, 0.717) is 11.4 Å². The molecule has 0 atom stereocenters. The Morgan fingerprint density at radius 1 is 0.774 bits per heavy atom. The minimum atomic E-state index is -0.966. The van der Waals surface area contributed by atoms with Gasteiger partial charge in [-0.2, -0.15) is 10.2 Å². The first-order valence-corrected chi connectivity index (χ1v) is 9.41. The standard InChI is InChI=1S/C12H12N2O2.C11H10N2O2/c1-14-11(12(15)16-2)8-10(13-14)9-6-4-3-5-7-9;1-13-10(11(14)15)7-9(12-13)8-5-3-2-4-6-8/h3-8H,1-2H3;2-7H,1H3,(H,14,15). The number of rotatable bonds is 4. The lowest BCUT2D eigenvalue weighted by molar-refractivity contribution is 0.0587. The third kappa shape index (κ3) is 5.05. The second-order valence-electron chi connectivity index (χ2n) is 6.61. The molecule has 158 valence electrons. The molecule has 1 N–H and O–H groups in total. The van der Waals surface area contributed by atoms with E-state index in [2.05, 4.69) is 14.9 Å². The Hall–Kier alpha value is -4.20. The van der Waals surface area contributed by atoms with Crippen LogP contribution in [0.3, 0.4) is 0 Å². The molecule has 0 unspecified atom stereocenters. The van der Waals surface area contributed by atoms with Gasteiger partial charge in [0.15, 0.2) is 0 Å². The van der Waals surface area contributed by atoms with Crippen LogP contribution in [0.1, 0.15) is 21.0 Å². The lowest BCUT2D eigenvalue weighted by atomic mass is 10.1. The summed E-state index contributed by atoms with van der Waals surface area (Å²) >= 11 is 0. The van der Waals surface area contributed by atoms with Gasteiger partial charge in [-0.05, 0) is 12.1 Å². The molecule has 0 bridgehead atoms. The summed E-state index contributed by atoms with van der Waals surface area (Å²) in [5.41, 5.74) is 3.98. The highest BCUT2D eigenvalue weighted by Gasteiger charge is 2.14. The first kappa shape index (κ1) is 21.5. The summed E-state index contributed by atoms with van der Waals surface area (Å²) < 4.78 is 7.55. The average molecular weight is 418 g/mol. The van der Waals surface area contributed by atoms with Crippen LogP contribution in [-0.4, -0.2) is 43.7 Å². The summed E-state index contributed by atoms with van der Waals surface area (Å²) in [6, 6.07) is 22.5. The van der Waals surface area contributed by atoms with Crippen molar-refractivity contribution in [1.82, 2.24) is 19.6 Å². The Morgan fingerprint density at radius 3 is 1.58 bits per heavy atom. The van der Waals surface area contributed by atoms with Crippen LogP contribution in [0.2, 0.25) is 0 Å². The van der Waals surface area contributed by atoms with Crippen LogP contribution in [0.15, 0.2) is 72.8 Å². The molecule has 0 saturated carbocycles. The van der Waals surface area contributed by atoms with E-state index in [0.717, 1.165) is 16.8 Å². The van der Waals surface area contributed by atoms with Gasteiger partial charge in [0.1, 0.15) is 11.4 Å². The normalized spacial score (nSPS) is 10.2. The van der Waals surface area contributed by atoms with Gasteiger partial charge in [-0.25, -0.2) is 9.59 Å². The van der Waals surface area contributed by atoms with E-state index >= 15 is 0 Å². The van der Waals surface area contributed by atoms with Crippen LogP contribution >= 0.6 is 0 Å². The summed E-state index contributed by atoms with van der Waals surface area (Å²) in [6.07, 6.45) is 0. The predicted molar refractivity (Wildman–Crippen MR) is 116 cm³/mol. The van der Waals surface area contributed by atoms with Crippen molar-refractivity contribution in [3.8, 4) is 22.5 Å². The molecule has 0 aliphatic carbocycles. The second-order valence-corrected chi connectivity index (χ2v) is 6.61. The quantitative estimate of drug-likeness (QED) is 0.508. The van der Waals surface area contributed by atoms with Crippen LogP contribution in [0.4, 0.5) is 0 Å². The largest absolute Gasteiger partial charge is 0.477 e. The SMILES string of the molecule is COC(=O)c1cc(-c2ccccc2)nn1C.Cn1nc(-c2ccccc2)cc1C(=O)O. The monoisotopic (exact) mass is 418 g/mol. The fourth-order valence-electron chi connectivity index (χ4n) is 2.93. The van der Waals surface area contributed by atoms with Gasteiger partial charge in [-0.3, -0.25) is 9.36 Å². The maximum atomic E-state index is 11.4. The molecule has 0 spiro atoms. The molecule has 0 saturated heterocycles. The maximum absolute atomic E-state index is 11.4. The number of esters is 1. The van der Waals surface area contributed by atoms with Crippen LogP contribution in [0, 0.1) is 0 Å². The number of aryl methyl sites for hydroxylation is 2. The topological polar surface area (TPSA) is 99.2 Å². The van der Waals surface area contributed by atoms with Gasteiger partial charge in [0.2, 0.25) is 0 Å². The van der Waals surface area contributed by atoms with Crippen LogP contribution in [-0.2, 0) is 18.8 Å². The molecule has 0 aliphatic rings. The van der Waals surface area contributed by atoms with Gasteiger partial charge in [0.05, 0.1) is 18.5 Å². The Labute approximate surface area is 179 Å². The number of hydrogen-bond donors (Lipinski definition) is 1. The van der Waals surface area contributed by atoms with Crippen molar-refractivity contribution in [3.05, 3.63) is 84.2 Å². The summed E-state index contributed by atoms with van der Waals surface area (Å²) in [6.45, 7) is 0. The number of methoxy groups -OCH3 is 1. The number of aromatic nitrogens is 4. The number of benzene rings is 2. The molecular formula is C23H22N4O4. The summed E-state index contributed by atoms with van der Waals surface area (Å²) in [4.78, 5) is 22.2. The van der Waals surface area contributed by atoms with Gasteiger partial charge in [-0.1, -0.05) is 60.7 Å². The molecule has 2 aromatic heterocycles. The number of ether oxygens (including phenoxy) is 1. The maximum Gasteiger partial charge on any atom is 0.356 e. The van der Waals surface area contributed by atoms with Crippen molar-refractivity contribution in [2.24, 2.45) is 14.1 Å². The Kier molecular flexibility index (Phi) is 6.61. The minimum absolute atomic E-state index is 0.189. The van der Waals surface area contributed by atoms with Gasteiger partial charge >= 0.3 is 11.9 Å². The van der Waals surface area contributed by atoms with E-state index in [4.69, 9.17) is 5.11 Å². The Balaban J connectivity index is 0.000000176. The zero-order valence-corrected chi connectivity index (χ0v) is 17.4. The van der Waals surface area contributed by atoms with E-state index in [1.807, 2.05) is 60.7 Å². The molecule has 2 heterocycles. The first-order chi connectivity index (χ1) is 14.9. The fraction of sp³-hybridized carbons (Fsp3) is 0.130. The Morgan fingerprint density at radius 2 is 1.19 bits per heavy atom. The van der Waals surface area contributed by atoms with Crippen LogP contribution in [0.25, 0.3) is 22.5 Å². The zero-order valence-electron chi connectivity index (χ0n) is 17.4. The number of carbonyl (C=O) groups excluding carboxylic acids is 1. The molecule has 4 aromatic rings. The lowest BCUT2D eigenvalue weighted by Crippen LogP contribution is -2.07.